The van der Waals surface area contributed by atoms with Crippen molar-refractivity contribution in [2.75, 3.05) is 6.54 Å². The summed E-state index contributed by atoms with van der Waals surface area (Å²) in [6.45, 7) is 5.63. The second-order valence-corrected chi connectivity index (χ2v) is 7.88. The number of fused-ring (bicyclic) bond motifs is 2. The molecular formula is C18H23N3O2S. The number of aryl methyl sites for hydroxylation is 2. The highest BCUT2D eigenvalue weighted by molar-refractivity contribution is 7.20. The number of hydrogen-bond donors (Lipinski definition) is 0. The number of nitrogens with zero attached hydrogens (tertiary/aromatic N) is 3. The van der Waals surface area contributed by atoms with E-state index in [1.807, 2.05) is 11.8 Å². The van der Waals surface area contributed by atoms with Crippen LogP contribution in [0.1, 0.15) is 60.1 Å². The van der Waals surface area contributed by atoms with Gasteiger partial charge >= 0.3 is 0 Å². The summed E-state index contributed by atoms with van der Waals surface area (Å²) in [6, 6.07) is 0.329. The fraction of sp³-hybridized carbons (Fsp3) is 0.611. The van der Waals surface area contributed by atoms with Crippen molar-refractivity contribution in [2.24, 2.45) is 0 Å². The van der Waals surface area contributed by atoms with Gasteiger partial charge < -0.3 is 4.90 Å². The lowest BCUT2D eigenvalue weighted by molar-refractivity contribution is 0.0612. The molecule has 4 rings (SSSR count). The van der Waals surface area contributed by atoms with Crippen LogP contribution < -0.4 is 5.56 Å². The van der Waals surface area contributed by atoms with Crippen LogP contribution in [-0.4, -0.2) is 32.9 Å². The molecule has 0 radical (unpaired) electrons. The smallest absolute Gasteiger partial charge is 0.264 e. The minimum absolute atomic E-state index is 0.0333. The van der Waals surface area contributed by atoms with E-state index in [9.17, 15) is 9.59 Å². The third-order valence-electron chi connectivity index (χ3n) is 5.46. The fourth-order valence-electron chi connectivity index (χ4n) is 4.10. The molecule has 0 bridgehead atoms. The zero-order valence-electron chi connectivity index (χ0n) is 14.3. The van der Waals surface area contributed by atoms with E-state index >= 15 is 0 Å². The molecule has 0 N–H and O–H groups in total. The number of hydrogen-bond acceptors (Lipinski definition) is 4. The molecule has 128 valence electrons. The predicted molar refractivity (Wildman–Crippen MR) is 95.9 cm³/mol. The molecule has 4 heterocycles. The maximum absolute atomic E-state index is 13.1. The van der Waals surface area contributed by atoms with Gasteiger partial charge in [0.15, 0.2) is 0 Å². The van der Waals surface area contributed by atoms with Crippen molar-refractivity contribution in [3.05, 3.63) is 26.6 Å². The topological polar surface area (TPSA) is 55.2 Å². The zero-order valence-corrected chi connectivity index (χ0v) is 15.1. The fourth-order valence-corrected chi connectivity index (χ4v) is 5.25. The van der Waals surface area contributed by atoms with Crippen LogP contribution in [0.3, 0.4) is 0 Å². The Balaban J connectivity index is 1.80. The van der Waals surface area contributed by atoms with E-state index in [1.165, 1.54) is 17.8 Å². The molecule has 0 saturated carbocycles. The van der Waals surface area contributed by atoms with E-state index < -0.39 is 0 Å². The van der Waals surface area contributed by atoms with Crippen molar-refractivity contribution in [1.29, 1.82) is 0 Å². The van der Waals surface area contributed by atoms with Crippen molar-refractivity contribution < 1.29 is 4.79 Å². The monoisotopic (exact) mass is 345 g/mol. The third-order valence-corrected chi connectivity index (χ3v) is 6.64. The van der Waals surface area contributed by atoms with Gasteiger partial charge in [0.05, 0.1) is 10.3 Å². The Bertz CT molecular complexity index is 867. The standard InChI is InChI=1S/C18H23N3O2S/c1-3-12-7-4-5-9-20(12)18(23)15-11(2)14-16(24-15)19-13-8-6-10-21(13)17(14)22/h12H,3-10H2,1-2H3/t12-/m0/s1. The highest BCUT2D eigenvalue weighted by Gasteiger charge is 2.30. The number of amides is 1. The van der Waals surface area contributed by atoms with Gasteiger partial charge in [-0.1, -0.05) is 6.92 Å². The van der Waals surface area contributed by atoms with Crippen LogP contribution in [0.15, 0.2) is 4.79 Å². The number of piperidine rings is 1. The number of carbonyl (C=O) groups is 1. The first-order valence-corrected chi connectivity index (χ1v) is 9.77. The molecule has 0 aromatic carbocycles. The molecule has 2 aromatic heterocycles. The van der Waals surface area contributed by atoms with Crippen molar-refractivity contribution in [3.63, 3.8) is 0 Å². The summed E-state index contributed by atoms with van der Waals surface area (Å²) in [4.78, 5) is 34.0. The maximum atomic E-state index is 13.1. The number of aromatic nitrogens is 2. The second kappa shape index (κ2) is 5.99. The molecule has 1 atom stereocenters. The Morgan fingerprint density at radius 3 is 2.92 bits per heavy atom. The van der Waals surface area contributed by atoms with Gasteiger partial charge in [-0.3, -0.25) is 14.2 Å². The molecule has 0 aliphatic carbocycles. The van der Waals surface area contributed by atoms with Crippen LogP contribution in [0, 0.1) is 6.92 Å². The summed E-state index contributed by atoms with van der Waals surface area (Å²) in [7, 11) is 0. The highest BCUT2D eigenvalue weighted by Crippen LogP contribution is 2.31. The van der Waals surface area contributed by atoms with Gasteiger partial charge in [0.25, 0.3) is 11.5 Å². The minimum Gasteiger partial charge on any atom is -0.335 e. The van der Waals surface area contributed by atoms with Gasteiger partial charge in [-0.15, -0.1) is 11.3 Å². The van der Waals surface area contributed by atoms with E-state index in [0.717, 1.165) is 61.4 Å². The Labute approximate surface area is 145 Å². The molecule has 1 fully saturated rings. The first-order valence-electron chi connectivity index (χ1n) is 8.95. The van der Waals surface area contributed by atoms with Crippen LogP contribution >= 0.6 is 11.3 Å². The largest absolute Gasteiger partial charge is 0.335 e. The van der Waals surface area contributed by atoms with Crippen molar-refractivity contribution in [2.45, 2.75) is 65.0 Å². The number of likely N-dealkylation sites (tertiary alicyclic amines) is 1. The quantitative estimate of drug-likeness (QED) is 0.840. The molecule has 6 heteroatoms. The molecule has 1 saturated heterocycles. The van der Waals surface area contributed by atoms with Gasteiger partial charge in [-0.25, -0.2) is 4.98 Å². The van der Waals surface area contributed by atoms with Crippen molar-refractivity contribution in [3.8, 4) is 0 Å². The summed E-state index contributed by atoms with van der Waals surface area (Å²) in [5.74, 6) is 0.962. The van der Waals surface area contributed by atoms with E-state index in [2.05, 4.69) is 11.9 Å². The molecule has 2 aliphatic rings. The summed E-state index contributed by atoms with van der Waals surface area (Å²) < 4.78 is 1.78. The Kier molecular flexibility index (Phi) is 3.95. The molecule has 5 nitrogen and oxygen atoms in total. The van der Waals surface area contributed by atoms with Gasteiger partial charge in [0.1, 0.15) is 10.7 Å². The molecular weight excluding hydrogens is 322 g/mol. The predicted octanol–water partition coefficient (Wildman–Crippen LogP) is 3.12. The van der Waals surface area contributed by atoms with Crippen molar-refractivity contribution >= 4 is 27.5 Å². The SMILES string of the molecule is CC[C@H]1CCCCN1C(=O)c1sc2nc3n(c(=O)c2c1C)CCC3. The summed E-state index contributed by atoms with van der Waals surface area (Å²) in [5, 5.41) is 0.652. The Morgan fingerprint density at radius 2 is 2.12 bits per heavy atom. The molecule has 0 unspecified atom stereocenters. The molecule has 0 spiro atoms. The highest BCUT2D eigenvalue weighted by atomic mass is 32.1. The van der Waals surface area contributed by atoms with Crippen LogP contribution in [0.25, 0.3) is 10.2 Å². The average Bonchev–Trinajstić information content (AvgIpc) is 3.19. The van der Waals surface area contributed by atoms with Gasteiger partial charge in [-0.05, 0) is 44.6 Å². The first-order chi connectivity index (χ1) is 11.6. The number of thiophene rings is 1. The minimum atomic E-state index is 0.0333. The average molecular weight is 345 g/mol. The molecule has 2 aromatic rings. The van der Waals surface area contributed by atoms with Crippen LogP contribution in [-0.2, 0) is 13.0 Å². The third kappa shape index (κ3) is 2.31. The zero-order chi connectivity index (χ0) is 16.8. The van der Waals surface area contributed by atoms with Crippen molar-refractivity contribution in [1.82, 2.24) is 14.5 Å². The van der Waals surface area contributed by atoms with E-state index in [1.54, 1.807) is 4.57 Å². The number of rotatable bonds is 2. The van der Waals surface area contributed by atoms with Crippen LogP contribution in [0.2, 0.25) is 0 Å². The lowest BCUT2D eigenvalue weighted by atomic mass is 9.99. The summed E-state index contributed by atoms with van der Waals surface area (Å²) in [5.41, 5.74) is 0.853. The normalized spacial score (nSPS) is 20.6. The molecule has 2 aliphatic heterocycles. The summed E-state index contributed by atoms with van der Waals surface area (Å²) in [6.07, 6.45) is 6.18. The first kappa shape index (κ1) is 15.8. The van der Waals surface area contributed by atoms with Gasteiger partial charge in [0, 0.05) is 25.6 Å². The number of carbonyl (C=O) groups excluding carboxylic acids is 1. The Hall–Kier alpha value is -1.69. The summed E-state index contributed by atoms with van der Waals surface area (Å²) >= 11 is 1.40. The lowest BCUT2D eigenvalue weighted by Gasteiger charge is -2.35. The van der Waals surface area contributed by atoms with Gasteiger partial charge in [0.2, 0.25) is 0 Å². The second-order valence-electron chi connectivity index (χ2n) is 6.88. The molecule has 1 amide bonds. The van der Waals surface area contributed by atoms with Crippen LogP contribution in [0.4, 0.5) is 0 Å². The lowest BCUT2D eigenvalue weighted by Crippen LogP contribution is -2.43. The van der Waals surface area contributed by atoms with E-state index in [0.29, 0.717) is 16.3 Å². The Morgan fingerprint density at radius 1 is 1.29 bits per heavy atom. The maximum Gasteiger partial charge on any atom is 0.264 e. The van der Waals surface area contributed by atoms with Crippen LogP contribution in [0.5, 0.6) is 0 Å². The van der Waals surface area contributed by atoms with E-state index in [4.69, 9.17) is 0 Å². The van der Waals surface area contributed by atoms with Gasteiger partial charge in [-0.2, -0.15) is 0 Å². The molecule has 24 heavy (non-hydrogen) atoms. The van der Waals surface area contributed by atoms with E-state index in [-0.39, 0.29) is 11.5 Å².